The quantitative estimate of drug-likeness (QED) is 0.623. The van der Waals surface area contributed by atoms with Crippen molar-refractivity contribution >= 4 is 17.3 Å². The number of carboxylic acids is 1. The topological polar surface area (TPSA) is 92.5 Å². The summed E-state index contributed by atoms with van der Waals surface area (Å²) in [5, 5.41) is 21.3. The maximum Gasteiger partial charge on any atom is 0.325 e. The van der Waals surface area contributed by atoms with Gasteiger partial charge in [0.15, 0.2) is 11.5 Å². The van der Waals surface area contributed by atoms with Gasteiger partial charge < -0.3 is 10.4 Å². The molecule has 0 fully saturated rings. The zero-order valence-corrected chi connectivity index (χ0v) is 8.61. The van der Waals surface area contributed by atoms with E-state index in [0.29, 0.717) is 12.1 Å². The maximum absolute atomic E-state index is 13.3. The predicted molar refractivity (Wildman–Crippen MR) is 53.7 cm³/mol. The summed E-state index contributed by atoms with van der Waals surface area (Å²) in [5.41, 5.74) is -1.50. The molecule has 0 amide bonds. The second kappa shape index (κ2) is 4.73. The molecule has 0 radical (unpaired) electrons. The van der Waals surface area contributed by atoms with Crippen molar-refractivity contribution in [3.8, 4) is 0 Å². The highest BCUT2D eigenvalue weighted by Gasteiger charge is 2.23. The van der Waals surface area contributed by atoms with Gasteiger partial charge in [0.2, 0.25) is 0 Å². The number of carbonyl (C=O) groups is 1. The van der Waals surface area contributed by atoms with Crippen LogP contribution in [0.4, 0.5) is 20.2 Å². The second-order valence-electron chi connectivity index (χ2n) is 3.24. The van der Waals surface area contributed by atoms with Gasteiger partial charge in [-0.05, 0) is 6.92 Å². The van der Waals surface area contributed by atoms with Crippen LogP contribution in [-0.2, 0) is 4.79 Å². The highest BCUT2D eigenvalue weighted by molar-refractivity contribution is 5.78. The van der Waals surface area contributed by atoms with Gasteiger partial charge >= 0.3 is 5.97 Å². The number of nitrogens with one attached hydrogen (secondary N) is 1. The first-order valence-corrected chi connectivity index (χ1v) is 4.45. The summed E-state index contributed by atoms with van der Waals surface area (Å²) in [4.78, 5) is 20.1. The van der Waals surface area contributed by atoms with E-state index in [1.54, 1.807) is 0 Å². The molecule has 17 heavy (non-hydrogen) atoms. The van der Waals surface area contributed by atoms with Crippen LogP contribution in [0.1, 0.15) is 6.92 Å². The molecule has 1 rings (SSSR count). The first-order valence-electron chi connectivity index (χ1n) is 4.45. The lowest BCUT2D eigenvalue weighted by atomic mass is 10.2. The number of nitro benzene ring substituents is 1. The summed E-state index contributed by atoms with van der Waals surface area (Å²) in [6.45, 7) is 1.18. The first-order chi connectivity index (χ1) is 7.82. The largest absolute Gasteiger partial charge is 0.480 e. The third-order valence-corrected chi connectivity index (χ3v) is 1.96. The lowest BCUT2D eigenvalue weighted by Gasteiger charge is -2.11. The smallest absolute Gasteiger partial charge is 0.325 e. The number of rotatable bonds is 4. The van der Waals surface area contributed by atoms with E-state index in [2.05, 4.69) is 5.32 Å². The SMILES string of the molecule is CC(Nc1c(F)cc(F)cc1[N+](=O)[O-])C(=O)O. The lowest BCUT2D eigenvalue weighted by Crippen LogP contribution is -2.26. The lowest BCUT2D eigenvalue weighted by molar-refractivity contribution is -0.384. The van der Waals surface area contributed by atoms with Crippen LogP contribution in [0.25, 0.3) is 0 Å². The Morgan fingerprint density at radius 3 is 2.59 bits per heavy atom. The van der Waals surface area contributed by atoms with Crippen molar-refractivity contribution in [2.75, 3.05) is 5.32 Å². The standard InChI is InChI=1S/C9H8F2N2O4/c1-4(9(14)15)12-8-6(11)2-5(10)3-7(8)13(16)17/h2-4,12H,1H3,(H,14,15). The van der Waals surface area contributed by atoms with E-state index < -0.39 is 39.9 Å². The fourth-order valence-corrected chi connectivity index (χ4v) is 1.13. The molecule has 1 atom stereocenters. The van der Waals surface area contributed by atoms with Crippen molar-refractivity contribution < 1.29 is 23.6 Å². The molecule has 0 bridgehead atoms. The molecular formula is C9H8F2N2O4. The number of hydrogen-bond donors (Lipinski definition) is 2. The molecule has 0 saturated heterocycles. The van der Waals surface area contributed by atoms with Crippen LogP contribution in [-0.4, -0.2) is 22.0 Å². The molecule has 8 heteroatoms. The summed E-state index contributed by atoms with van der Waals surface area (Å²) in [6, 6.07) is -0.294. The first kappa shape index (κ1) is 12.8. The van der Waals surface area contributed by atoms with Crippen LogP contribution in [0.3, 0.4) is 0 Å². The third kappa shape index (κ3) is 2.86. The molecule has 6 nitrogen and oxygen atoms in total. The summed E-state index contributed by atoms with van der Waals surface area (Å²) < 4.78 is 26.1. The Labute approximate surface area is 94.0 Å². The molecule has 0 aliphatic heterocycles. The van der Waals surface area contributed by atoms with Gasteiger partial charge in [0.25, 0.3) is 5.69 Å². The summed E-state index contributed by atoms with van der Waals surface area (Å²) >= 11 is 0. The Hall–Kier alpha value is -2.25. The monoisotopic (exact) mass is 246 g/mol. The van der Waals surface area contributed by atoms with Gasteiger partial charge in [-0.1, -0.05) is 0 Å². The third-order valence-electron chi connectivity index (χ3n) is 1.96. The Kier molecular flexibility index (Phi) is 3.56. The molecule has 0 aromatic heterocycles. The van der Waals surface area contributed by atoms with E-state index in [9.17, 15) is 23.7 Å². The minimum Gasteiger partial charge on any atom is -0.480 e. The van der Waals surface area contributed by atoms with Crippen LogP contribution >= 0.6 is 0 Å². The van der Waals surface area contributed by atoms with Gasteiger partial charge in [-0.2, -0.15) is 0 Å². The van der Waals surface area contributed by atoms with E-state index in [-0.39, 0.29) is 0 Å². The fraction of sp³-hybridized carbons (Fsp3) is 0.222. The fourth-order valence-electron chi connectivity index (χ4n) is 1.13. The van der Waals surface area contributed by atoms with E-state index >= 15 is 0 Å². The van der Waals surface area contributed by atoms with Crippen molar-refractivity contribution in [1.29, 1.82) is 0 Å². The number of nitrogens with zero attached hydrogens (tertiary/aromatic N) is 1. The van der Waals surface area contributed by atoms with Crippen LogP contribution in [0.15, 0.2) is 12.1 Å². The van der Waals surface area contributed by atoms with Crippen molar-refractivity contribution in [2.24, 2.45) is 0 Å². The Morgan fingerprint density at radius 2 is 2.12 bits per heavy atom. The molecule has 0 saturated carbocycles. The number of halogens is 2. The molecule has 0 heterocycles. The van der Waals surface area contributed by atoms with Crippen molar-refractivity contribution in [3.63, 3.8) is 0 Å². The molecule has 1 aromatic carbocycles. The van der Waals surface area contributed by atoms with Gasteiger partial charge in [0.05, 0.1) is 11.0 Å². The van der Waals surface area contributed by atoms with Gasteiger partial charge in [-0.15, -0.1) is 0 Å². The van der Waals surface area contributed by atoms with E-state index in [1.165, 1.54) is 6.92 Å². The highest BCUT2D eigenvalue weighted by atomic mass is 19.1. The number of aliphatic carboxylic acids is 1. The van der Waals surface area contributed by atoms with Crippen LogP contribution < -0.4 is 5.32 Å². The Bertz CT molecular complexity index is 478. The molecule has 0 spiro atoms. The molecule has 1 unspecified atom stereocenters. The van der Waals surface area contributed by atoms with Crippen LogP contribution in [0, 0.1) is 21.7 Å². The zero-order valence-electron chi connectivity index (χ0n) is 8.61. The van der Waals surface area contributed by atoms with E-state index in [0.717, 1.165) is 0 Å². The normalized spacial score (nSPS) is 11.9. The van der Waals surface area contributed by atoms with Crippen molar-refractivity contribution in [1.82, 2.24) is 0 Å². The van der Waals surface area contributed by atoms with Gasteiger partial charge in [0, 0.05) is 6.07 Å². The Balaban J connectivity index is 3.21. The minimum absolute atomic E-state index is 0.434. The van der Waals surface area contributed by atoms with Gasteiger partial charge in [-0.3, -0.25) is 14.9 Å². The highest BCUT2D eigenvalue weighted by Crippen LogP contribution is 2.29. The van der Waals surface area contributed by atoms with Crippen LogP contribution in [0.5, 0.6) is 0 Å². The van der Waals surface area contributed by atoms with Gasteiger partial charge in [-0.25, -0.2) is 8.78 Å². The van der Waals surface area contributed by atoms with Crippen LogP contribution in [0.2, 0.25) is 0 Å². The van der Waals surface area contributed by atoms with Gasteiger partial charge in [0.1, 0.15) is 11.9 Å². The molecule has 1 aromatic rings. The molecule has 0 aliphatic carbocycles. The zero-order chi connectivity index (χ0) is 13.2. The number of hydrogen-bond acceptors (Lipinski definition) is 4. The number of benzene rings is 1. The van der Waals surface area contributed by atoms with E-state index in [4.69, 9.17) is 5.11 Å². The average Bonchev–Trinajstić information content (AvgIpc) is 2.20. The van der Waals surface area contributed by atoms with Crippen molar-refractivity contribution in [2.45, 2.75) is 13.0 Å². The van der Waals surface area contributed by atoms with Crippen molar-refractivity contribution in [3.05, 3.63) is 33.9 Å². The summed E-state index contributed by atoms with van der Waals surface area (Å²) in [6.07, 6.45) is 0. The predicted octanol–water partition coefficient (Wildman–Crippen LogP) is 1.76. The number of anilines is 1. The number of carboxylic acid groups (broad SMARTS) is 1. The summed E-state index contributed by atoms with van der Waals surface area (Å²) in [7, 11) is 0. The second-order valence-corrected chi connectivity index (χ2v) is 3.24. The number of nitro groups is 1. The molecule has 2 N–H and O–H groups in total. The average molecular weight is 246 g/mol. The minimum atomic E-state index is -1.32. The Morgan fingerprint density at radius 1 is 1.53 bits per heavy atom. The van der Waals surface area contributed by atoms with E-state index in [1.807, 2.05) is 0 Å². The maximum atomic E-state index is 13.3. The summed E-state index contributed by atoms with van der Waals surface area (Å²) in [5.74, 6) is -3.64. The molecular weight excluding hydrogens is 238 g/mol. The molecule has 0 aliphatic rings. The molecule has 92 valence electrons.